The Balaban J connectivity index is 2.31. The highest BCUT2D eigenvalue weighted by Gasteiger charge is 2.18. The molecule has 0 bridgehead atoms. The summed E-state index contributed by atoms with van der Waals surface area (Å²) in [7, 11) is 1.69. The van der Waals surface area contributed by atoms with Crippen LogP contribution in [0.25, 0.3) is 0 Å². The van der Waals surface area contributed by atoms with Crippen molar-refractivity contribution in [3.63, 3.8) is 0 Å². The molecule has 5 nitrogen and oxygen atoms in total. The van der Waals surface area contributed by atoms with Crippen LogP contribution in [0.3, 0.4) is 0 Å². The van der Waals surface area contributed by atoms with Gasteiger partial charge in [0.2, 0.25) is 0 Å². The molecule has 0 aliphatic rings. The third-order valence-electron chi connectivity index (χ3n) is 2.61. The molecule has 1 aromatic heterocycles. The van der Waals surface area contributed by atoms with Gasteiger partial charge in [0.25, 0.3) is 5.91 Å². The number of rotatable bonds is 2. The molecule has 2 aromatic rings. The zero-order valence-corrected chi connectivity index (χ0v) is 11.7. The average Bonchev–Trinajstić information content (AvgIpc) is 2.56. The Morgan fingerprint density at radius 3 is 2.67 bits per heavy atom. The molecule has 1 amide bonds. The number of benzene rings is 1. The zero-order chi connectivity index (χ0) is 13.3. The van der Waals surface area contributed by atoms with Gasteiger partial charge < -0.3 is 11.1 Å². The molecule has 0 aliphatic heterocycles. The first kappa shape index (κ1) is 12.6. The van der Waals surface area contributed by atoms with Crippen LogP contribution in [-0.2, 0) is 7.05 Å². The third kappa shape index (κ3) is 2.24. The molecule has 0 saturated heterocycles. The minimum Gasteiger partial charge on any atom is -0.395 e. The fourth-order valence-electron chi connectivity index (χ4n) is 1.69. The Hall–Kier alpha value is -1.82. The summed E-state index contributed by atoms with van der Waals surface area (Å²) in [4.78, 5) is 12.1. The Morgan fingerprint density at radius 1 is 1.44 bits per heavy atom. The van der Waals surface area contributed by atoms with E-state index in [2.05, 4.69) is 26.3 Å². The molecular weight excluding hydrogens is 296 g/mol. The second-order valence-corrected chi connectivity index (χ2v) is 4.76. The van der Waals surface area contributed by atoms with E-state index in [9.17, 15) is 4.79 Å². The number of anilines is 2. The number of carbonyl (C=O) groups is 1. The maximum absolute atomic E-state index is 12.1. The molecule has 0 aliphatic carbocycles. The van der Waals surface area contributed by atoms with E-state index in [0.29, 0.717) is 22.8 Å². The van der Waals surface area contributed by atoms with Gasteiger partial charge in [0.15, 0.2) is 0 Å². The number of nitrogens with one attached hydrogen (secondary N) is 1. The van der Waals surface area contributed by atoms with E-state index in [0.717, 1.165) is 4.47 Å². The molecule has 1 heterocycles. The van der Waals surface area contributed by atoms with E-state index in [-0.39, 0.29) is 5.91 Å². The van der Waals surface area contributed by atoms with E-state index in [1.807, 2.05) is 18.2 Å². The molecule has 0 radical (unpaired) electrons. The van der Waals surface area contributed by atoms with E-state index in [4.69, 9.17) is 5.73 Å². The maximum atomic E-state index is 12.1. The summed E-state index contributed by atoms with van der Waals surface area (Å²) in [6.45, 7) is 1.77. The summed E-state index contributed by atoms with van der Waals surface area (Å²) >= 11 is 3.37. The van der Waals surface area contributed by atoms with Gasteiger partial charge in [0, 0.05) is 11.5 Å². The lowest BCUT2D eigenvalue weighted by Crippen LogP contribution is -2.17. The minimum atomic E-state index is -0.275. The van der Waals surface area contributed by atoms with Crippen molar-refractivity contribution < 1.29 is 4.79 Å². The van der Waals surface area contributed by atoms with Crippen molar-refractivity contribution in [3.8, 4) is 0 Å². The number of hydrogen-bond donors (Lipinski definition) is 2. The summed E-state index contributed by atoms with van der Waals surface area (Å²) < 4.78 is 2.30. The molecule has 0 saturated carbocycles. The van der Waals surface area contributed by atoms with Crippen LogP contribution in [0.5, 0.6) is 0 Å². The SMILES string of the molecule is Cc1nn(C)c(C(=O)Nc2ccccc2Br)c1N. The monoisotopic (exact) mass is 308 g/mol. The third-order valence-corrected chi connectivity index (χ3v) is 3.30. The van der Waals surface area contributed by atoms with Gasteiger partial charge in [-0.3, -0.25) is 9.48 Å². The summed E-state index contributed by atoms with van der Waals surface area (Å²) in [5.41, 5.74) is 7.95. The molecule has 2 rings (SSSR count). The Kier molecular flexibility index (Phi) is 3.38. The summed E-state index contributed by atoms with van der Waals surface area (Å²) in [5.74, 6) is -0.275. The van der Waals surface area contributed by atoms with Crippen molar-refractivity contribution in [1.82, 2.24) is 9.78 Å². The van der Waals surface area contributed by atoms with Crippen LogP contribution in [-0.4, -0.2) is 15.7 Å². The van der Waals surface area contributed by atoms with Crippen LogP contribution in [0.15, 0.2) is 28.7 Å². The Bertz CT molecular complexity index is 606. The van der Waals surface area contributed by atoms with E-state index < -0.39 is 0 Å². The summed E-state index contributed by atoms with van der Waals surface area (Å²) in [6, 6.07) is 7.38. The van der Waals surface area contributed by atoms with Crippen molar-refractivity contribution in [3.05, 3.63) is 40.1 Å². The second kappa shape index (κ2) is 4.81. The predicted molar refractivity (Wildman–Crippen MR) is 74.5 cm³/mol. The van der Waals surface area contributed by atoms with Gasteiger partial charge in [-0.2, -0.15) is 5.10 Å². The van der Waals surface area contributed by atoms with E-state index in [1.165, 1.54) is 4.68 Å². The number of nitrogen functional groups attached to an aromatic ring is 1. The van der Waals surface area contributed by atoms with Gasteiger partial charge in [-0.05, 0) is 35.0 Å². The van der Waals surface area contributed by atoms with Crippen LogP contribution in [0.1, 0.15) is 16.2 Å². The average molecular weight is 309 g/mol. The molecule has 0 unspecified atom stereocenters. The quantitative estimate of drug-likeness (QED) is 0.894. The van der Waals surface area contributed by atoms with E-state index in [1.54, 1.807) is 20.0 Å². The minimum absolute atomic E-state index is 0.275. The Labute approximate surface area is 113 Å². The van der Waals surface area contributed by atoms with Gasteiger partial charge >= 0.3 is 0 Å². The van der Waals surface area contributed by atoms with Gasteiger partial charge in [0.1, 0.15) is 5.69 Å². The highest BCUT2D eigenvalue weighted by atomic mass is 79.9. The normalized spacial score (nSPS) is 10.4. The highest BCUT2D eigenvalue weighted by Crippen LogP contribution is 2.23. The lowest BCUT2D eigenvalue weighted by molar-refractivity contribution is 0.101. The van der Waals surface area contributed by atoms with Crippen LogP contribution in [0.4, 0.5) is 11.4 Å². The van der Waals surface area contributed by atoms with Crippen LogP contribution < -0.4 is 11.1 Å². The zero-order valence-electron chi connectivity index (χ0n) is 10.1. The number of para-hydroxylation sites is 1. The van der Waals surface area contributed by atoms with Crippen molar-refractivity contribution in [2.24, 2.45) is 7.05 Å². The van der Waals surface area contributed by atoms with Crippen LogP contribution in [0, 0.1) is 6.92 Å². The fraction of sp³-hybridized carbons (Fsp3) is 0.167. The standard InChI is InChI=1S/C12H13BrN4O/c1-7-10(14)11(17(2)16-7)12(18)15-9-6-4-3-5-8(9)13/h3-6H,14H2,1-2H3,(H,15,18). The number of amides is 1. The molecule has 94 valence electrons. The topological polar surface area (TPSA) is 72.9 Å². The summed E-state index contributed by atoms with van der Waals surface area (Å²) in [5, 5.41) is 6.91. The van der Waals surface area contributed by atoms with Gasteiger partial charge in [-0.1, -0.05) is 12.1 Å². The summed E-state index contributed by atoms with van der Waals surface area (Å²) in [6.07, 6.45) is 0. The van der Waals surface area contributed by atoms with Crippen molar-refractivity contribution in [2.75, 3.05) is 11.1 Å². The number of nitrogens with zero attached hydrogens (tertiary/aromatic N) is 2. The van der Waals surface area contributed by atoms with Crippen molar-refractivity contribution >= 4 is 33.2 Å². The number of nitrogens with two attached hydrogens (primary N) is 1. The first-order chi connectivity index (χ1) is 8.50. The largest absolute Gasteiger partial charge is 0.395 e. The number of carbonyl (C=O) groups excluding carboxylic acids is 1. The van der Waals surface area contributed by atoms with Crippen molar-refractivity contribution in [1.29, 1.82) is 0 Å². The smallest absolute Gasteiger partial charge is 0.276 e. The van der Waals surface area contributed by atoms with Crippen molar-refractivity contribution in [2.45, 2.75) is 6.92 Å². The molecule has 6 heteroatoms. The Morgan fingerprint density at radius 2 is 2.11 bits per heavy atom. The number of aromatic nitrogens is 2. The second-order valence-electron chi connectivity index (χ2n) is 3.91. The van der Waals surface area contributed by atoms with Crippen LogP contribution in [0.2, 0.25) is 0 Å². The number of hydrogen-bond acceptors (Lipinski definition) is 3. The molecule has 18 heavy (non-hydrogen) atoms. The highest BCUT2D eigenvalue weighted by molar-refractivity contribution is 9.10. The lowest BCUT2D eigenvalue weighted by atomic mass is 10.2. The number of aryl methyl sites for hydroxylation is 2. The van der Waals surface area contributed by atoms with Gasteiger partial charge in [-0.15, -0.1) is 0 Å². The maximum Gasteiger partial charge on any atom is 0.276 e. The molecule has 3 N–H and O–H groups in total. The molecule has 0 spiro atoms. The lowest BCUT2D eigenvalue weighted by Gasteiger charge is -2.07. The molecular formula is C12H13BrN4O. The van der Waals surface area contributed by atoms with Crippen LogP contribution >= 0.6 is 15.9 Å². The molecule has 1 aromatic carbocycles. The number of halogens is 1. The first-order valence-electron chi connectivity index (χ1n) is 5.35. The fourth-order valence-corrected chi connectivity index (χ4v) is 2.07. The molecule has 0 fully saturated rings. The molecule has 0 atom stereocenters. The van der Waals surface area contributed by atoms with Gasteiger partial charge in [0.05, 0.1) is 17.1 Å². The van der Waals surface area contributed by atoms with Gasteiger partial charge in [-0.25, -0.2) is 0 Å². The predicted octanol–water partition coefficient (Wildman–Crippen LogP) is 2.33. The van der Waals surface area contributed by atoms with E-state index >= 15 is 0 Å². The first-order valence-corrected chi connectivity index (χ1v) is 6.15.